The number of anilines is 1. The molecule has 22 heavy (non-hydrogen) atoms. The van der Waals surface area contributed by atoms with Crippen LogP contribution in [0.5, 0.6) is 5.75 Å². The molecule has 0 aromatic heterocycles. The number of ether oxygens (including phenoxy) is 2. The number of benzene rings is 1. The molecule has 1 unspecified atom stereocenters. The summed E-state index contributed by atoms with van der Waals surface area (Å²) in [6.45, 7) is 3.36. The van der Waals surface area contributed by atoms with Crippen molar-refractivity contribution in [3.8, 4) is 5.75 Å². The van der Waals surface area contributed by atoms with Crippen LogP contribution in [0, 0.1) is 0 Å². The van der Waals surface area contributed by atoms with Gasteiger partial charge in [0.15, 0.2) is 5.96 Å². The first kappa shape index (κ1) is 16.4. The highest BCUT2D eigenvalue weighted by molar-refractivity contribution is 5.80. The van der Waals surface area contributed by atoms with Crippen molar-refractivity contribution in [2.45, 2.75) is 12.5 Å². The van der Waals surface area contributed by atoms with Gasteiger partial charge in [0.25, 0.3) is 0 Å². The van der Waals surface area contributed by atoms with Gasteiger partial charge in [0.1, 0.15) is 5.75 Å². The van der Waals surface area contributed by atoms with E-state index in [1.54, 1.807) is 21.3 Å². The molecule has 2 rings (SSSR count). The van der Waals surface area contributed by atoms with E-state index in [9.17, 15) is 0 Å². The summed E-state index contributed by atoms with van der Waals surface area (Å²) in [6.07, 6.45) is 1.07. The van der Waals surface area contributed by atoms with Crippen molar-refractivity contribution in [2.75, 3.05) is 52.4 Å². The first-order chi connectivity index (χ1) is 10.8. The van der Waals surface area contributed by atoms with E-state index in [0.29, 0.717) is 12.6 Å². The van der Waals surface area contributed by atoms with Gasteiger partial charge in [-0.05, 0) is 18.6 Å². The predicted molar refractivity (Wildman–Crippen MR) is 90.0 cm³/mol. The smallest absolute Gasteiger partial charge is 0.191 e. The van der Waals surface area contributed by atoms with Crippen molar-refractivity contribution in [2.24, 2.45) is 4.99 Å². The third kappa shape index (κ3) is 4.27. The molecule has 1 aromatic carbocycles. The Morgan fingerprint density at radius 1 is 1.36 bits per heavy atom. The van der Waals surface area contributed by atoms with Gasteiger partial charge in [-0.3, -0.25) is 4.99 Å². The van der Waals surface area contributed by atoms with Crippen molar-refractivity contribution in [1.29, 1.82) is 0 Å². The molecule has 0 saturated carbocycles. The maximum Gasteiger partial charge on any atom is 0.191 e. The van der Waals surface area contributed by atoms with Crippen LogP contribution in [-0.2, 0) is 4.74 Å². The summed E-state index contributed by atoms with van der Waals surface area (Å²) in [7, 11) is 5.20. The van der Waals surface area contributed by atoms with Gasteiger partial charge in [0, 0.05) is 39.8 Å². The van der Waals surface area contributed by atoms with Crippen LogP contribution in [0.3, 0.4) is 0 Å². The van der Waals surface area contributed by atoms with Crippen LogP contribution in [0.15, 0.2) is 29.3 Å². The zero-order valence-electron chi connectivity index (χ0n) is 13.6. The highest BCUT2D eigenvalue weighted by atomic mass is 16.5. The van der Waals surface area contributed by atoms with E-state index >= 15 is 0 Å². The number of aliphatic imine (C=N–C) groups is 1. The lowest BCUT2D eigenvalue weighted by Gasteiger charge is -2.22. The highest BCUT2D eigenvalue weighted by Gasteiger charge is 2.25. The molecule has 0 bridgehead atoms. The van der Waals surface area contributed by atoms with Crippen molar-refractivity contribution in [1.82, 2.24) is 10.6 Å². The Balaban J connectivity index is 1.89. The molecule has 1 aromatic rings. The number of para-hydroxylation sites is 2. The van der Waals surface area contributed by atoms with Gasteiger partial charge in [0.05, 0.1) is 19.4 Å². The van der Waals surface area contributed by atoms with Gasteiger partial charge < -0.3 is 25.0 Å². The maximum absolute atomic E-state index is 5.45. The van der Waals surface area contributed by atoms with E-state index in [-0.39, 0.29) is 0 Å². The monoisotopic (exact) mass is 306 g/mol. The highest BCUT2D eigenvalue weighted by Crippen LogP contribution is 2.30. The van der Waals surface area contributed by atoms with Crippen LogP contribution in [-0.4, -0.2) is 59.5 Å². The lowest BCUT2D eigenvalue weighted by atomic mass is 10.2. The fraction of sp³-hybridized carbons (Fsp3) is 0.562. The Hall–Kier alpha value is -1.95. The van der Waals surface area contributed by atoms with Gasteiger partial charge in [-0.2, -0.15) is 0 Å². The lowest BCUT2D eigenvalue weighted by molar-refractivity contribution is 0.203. The van der Waals surface area contributed by atoms with Crippen molar-refractivity contribution < 1.29 is 9.47 Å². The Labute approximate surface area is 132 Å². The number of hydrogen-bond acceptors (Lipinski definition) is 4. The molecule has 0 amide bonds. The quantitative estimate of drug-likeness (QED) is 0.468. The number of nitrogens with one attached hydrogen (secondary N) is 2. The molecule has 1 heterocycles. The Morgan fingerprint density at radius 2 is 2.18 bits per heavy atom. The van der Waals surface area contributed by atoms with Gasteiger partial charge in [-0.25, -0.2) is 0 Å². The molecule has 1 saturated heterocycles. The normalized spacial score (nSPS) is 18.4. The molecule has 0 aliphatic carbocycles. The zero-order valence-corrected chi connectivity index (χ0v) is 13.6. The van der Waals surface area contributed by atoms with E-state index in [2.05, 4.69) is 26.6 Å². The van der Waals surface area contributed by atoms with Crippen molar-refractivity contribution in [3.63, 3.8) is 0 Å². The molecule has 1 fully saturated rings. The summed E-state index contributed by atoms with van der Waals surface area (Å²) in [5.74, 6) is 1.75. The molecular weight excluding hydrogens is 280 g/mol. The summed E-state index contributed by atoms with van der Waals surface area (Å²) in [6, 6.07) is 8.52. The minimum absolute atomic E-state index is 0.374. The van der Waals surface area contributed by atoms with Crippen LogP contribution < -0.4 is 20.3 Å². The number of hydrogen-bond donors (Lipinski definition) is 2. The van der Waals surface area contributed by atoms with Crippen LogP contribution in [0.1, 0.15) is 6.42 Å². The van der Waals surface area contributed by atoms with Crippen LogP contribution in [0.4, 0.5) is 5.69 Å². The molecule has 0 spiro atoms. The third-order valence-electron chi connectivity index (χ3n) is 3.78. The van der Waals surface area contributed by atoms with Gasteiger partial charge in [-0.15, -0.1) is 0 Å². The Morgan fingerprint density at radius 3 is 2.91 bits per heavy atom. The predicted octanol–water partition coefficient (Wildman–Crippen LogP) is 1.09. The van der Waals surface area contributed by atoms with E-state index in [1.807, 2.05) is 18.2 Å². The summed E-state index contributed by atoms with van der Waals surface area (Å²) >= 11 is 0. The minimum Gasteiger partial charge on any atom is -0.495 e. The molecule has 122 valence electrons. The number of nitrogens with zero attached hydrogens (tertiary/aromatic N) is 2. The second-order valence-corrected chi connectivity index (χ2v) is 5.24. The molecule has 1 aliphatic heterocycles. The number of rotatable bonds is 6. The zero-order chi connectivity index (χ0) is 15.8. The van der Waals surface area contributed by atoms with E-state index < -0.39 is 0 Å². The van der Waals surface area contributed by atoms with Crippen molar-refractivity contribution >= 4 is 11.6 Å². The largest absolute Gasteiger partial charge is 0.495 e. The summed E-state index contributed by atoms with van der Waals surface area (Å²) in [5, 5.41) is 6.71. The Bertz CT molecular complexity index is 493. The SMILES string of the molecule is CN=C(NCCOC)NC1CCN(c2ccccc2OC)C1. The molecule has 0 radical (unpaired) electrons. The second-order valence-electron chi connectivity index (χ2n) is 5.24. The van der Waals surface area contributed by atoms with Gasteiger partial charge in [0.2, 0.25) is 0 Å². The average Bonchev–Trinajstić information content (AvgIpc) is 3.02. The number of methoxy groups -OCH3 is 2. The molecule has 2 N–H and O–H groups in total. The van der Waals surface area contributed by atoms with Crippen molar-refractivity contribution in [3.05, 3.63) is 24.3 Å². The maximum atomic E-state index is 5.45. The van der Waals surface area contributed by atoms with Crippen LogP contribution in [0.2, 0.25) is 0 Å². The first-order valence-corrected chi connectivity index (χ1v) is 7.62. The molecule has 1 atom stereocenters. The van der Waals surface area contributed by atoms with E-state index in [0.717, 1.165) is 43.5 Å². The van der Waals surface area contributed by atoms with Gasteiger partial charge in [-0.1, -0.05) is 12.1 Å². The average molecular weight is 306 g/mol. The van der Waals surface area contributed by atoms with E-state index in [1.165, 1.54) is 0 Å². The van der Waals surface area contributed by atoms with Crippen LogP contribution in [0.25, 0.3) is 0 Å². The summed E-state index contributed by atoms with van der Waals surface area (Å²) in [4.78, 5) is 6.60. The first-order valence-electron chi connectivity index (χ1n) is 7.62. The van der Waals surface area contributed by atoms with Crippen LogP contribution >= 0.6 is 0 Å². The minimum atomic E-state index is 0.374. The lowest BCUT2D eigenvalue weighted by Crippen LogP contribution is -2.45. The Kier molecular flexibility index (Phi) is 6.33. The molecule has 6 nitrogen and oxygen atoms in total. The summed E-state index contributed by atoms with van der Waals surface area (Å²) < 4.78 is 10.5. The molecular formula is C16H26N4O2. The van der Waals surface area contributed by atoms with Gasteiger partial charge >= 0.3 is 0 Å². The summed E-state index contributed by atoms with van der Waals surface area (Å²) in [5.41, 5.74) is 1.15. The van der Waals surface area contributed by atoms with E-state index in [4.69, 9.17) is 9.47 Å². The fourth-order valence-corrected chi connectivity index (χ4v) is 2.65. The standard InChI is InChI=1S/C16H26N4O2/c1-17-16(18-9-11-21-2)19-13-8-10-20(12-13)14-6-4-5-7-15(14)22-3/h4-7,13H,8-12H2,1-3H3,(H2,17,18,19). The fourth-order valence-electron chi connectivity index (χ4n) is 2.65. The second kappa shape index (κ2) is 8.48. The molecule has 6 heteroatoms. The number of guanidine groups is 1. The topological polar surface area (TPSA) is 58.1 Å². The third-order valence-corrected chi connectivity index (χ3v) is 3.78. The molecule has 1 aliphatic rings.